The first-order valence-corrected chi connectivity index (χ1v) is 9.56. The van der Waals surface area contributed by atoms with Gasteiger partial charge in [0.25, 0.3) is 0 Å². The van der Waals surface area contributed by atoms with Crippen molar-refractivity contribution >= 4 is 17.6 Å². The van der Waals surface area contributed by atoms with Crippen LogP contribution >= 0.6 is 11.6 Å². The van der Waals surface area contributed by atoms with Gasteiger partial charge >= 0.3 is 5.97 Å². The van der Waals surface area contributed by atoms with Crippen molar-refractivity contribution in [3.05, 3.63) is 46.7 Å². The van der Waals surface area contributed by atoms with Gasteiger partial charge in [-0.25, -0.2) is 9.48 Å². The van der Waals surface area contributed by atoms with E-state index in [0.29, 0.717) is 30.3 Å². The van der Waals surface area contributed by atoms with Gasteiger partial charge in [0.1, 0.15) is 5.56 Å². The number of carbonyl (C=O) groups excluding carboxylic acids is 1. The number of aromatic nitrogens is 2. The number of para-hydroxylation sites is 1. The summed E-state index contributed by atoms with van der Waals surface area (Å²) in [6, 6.07) is 7.44. The van der Waals surface area contributed by atoms with Crippen LogP contribution in [-0.2, 0) is 11.3 Å². The number of esters is 1. The third kappa shape index (κ3) is 4.68. The zero-order valence-electron chi connectivity index (χ0n) is 15.5. The van der Waals surface area contributed by atoms with E-state index in [1.165, 1.54) is 0 Å². The molecule has 0 bridgehead atoms. The Bertz CT molecular complexity index is 772. The standard InChI is InChI=1S/C19H25ClN4O3/c1-2-27-19(26)15-13-21-24(17-6-4-3-5-16(17)20)18(15)14-23-9-7-22(8-10-23)11-12-25/h3-6,13,25H,2,7-12,14H2,1H3. The van der Waals surface area contributed by atoms with Gasteiger partial charge in [-0.15, -0.1) is 0 Å². The highest BCUT2D eigenvalue weighted by molar-refractivity contribution is 6.32. The molecule has 7 nitrogen and oxygen atoms in total. The van der Waals surface area contributed by atoms with Gasteiger partial charge < -0.3 is 9.84 Å². The van der Waals surface area contributed by atoms with Gasteiger partial charge in [0.05, 0.1) is 35.8 Å². The fraction of sp³-hybridized carbons (Fsp3) is 0.474. The minimum Gasteiger partial charge on any atom is -0.462 e. The Morgan fingerprint density at radius 1 is 1.22 bits per heavy atom. The molecule has 1 aromatic heterocycles. The van der Waals surface area contributed by atoms with E-state index in [1.807, 2.05) is 18.2 Å². The quantitative estimate of drug-likeness (QED) is 0.725. The summed E-state index contributed by atoms with van der Waals surface area (Å²) < 4.78 is 6.94. The van der Waals surface area contributed by atoms with Crippen molar-refractivity contribution in [3.8, 4) is 5.69 Å². The van der Waals surface area contributed by atoms with Crippen LogP contribution in [0.3, 0.4) is 0 Å². The number of benzene rings is 1. The lowest BCUT2D eigenvalue weighted by Gasteiger charge is -2.34. The molecule has 0 aliphatic carbocycles. The number of aliphatic hydroxyl groups is 1. The topological polar surface area (TPSA) is 70.8 Å². The first-order chi connectivity index (χ1) is 13.1. The number of ether oxygens (including phenoxy) is 1. The molecule has 0 amide bonds. The second-order valence-corrected chi connectivity index (χ2v) is 6.84. The smallest absolute Gasteiger partial charge is 0.341 e. The van der Waals surface area contributed by atoms with Crippen molar-refractivity contribution in [2.24, 2.45) is 0 Å². The second kappa shape index (κ2) is 9.32. The SMILES string of the molecule is CCOC(=O)c1cnn(-c2ccccc2Cl)c1CN1CCN(CCO)CC1. The highest BCUT2D eigenvalue weighted by Crippen LogP contribution is 2.24. The normalized spacial score (nSPS) is 15.8. The molecule has 8 heteroatoms. The van der Waals surface area contributed by atoms with Gasteiger partial charge in [0.2, 0.25) is 0 Å². The highest BCUT2D eigenvalue weighted by Gasteiger charge is 2.24. The number of aliphatic hydroxyl groups excluding tert-OH is 1. The van der Waals surface area contributed by atoms with Crippen LogP contribution in [0.5, 0.6) is 0 Å². The van der Waals surface area contributed by atoms with E-state index in [2.05, 4.69) is 14.9 Å². The molecule has 1 aliphatic rings. The maximum absolute atomic E-state index is 12.4. The molecule has 146 valence electrons. The van der Waals surface area contributed by atoms with E-state index >= 15 is 0 Å². The molecule has 1 saturated heterocycles. The molecule has 0 unspecified atom stereocenters. The first-order valence-electron chi connectivity index (χ1n) is 9.18. The number of piperazine rings is 1. The van der Waals surface area contributed by atoms with Crippen molar-refractivity contribution in [3.63, 3.8) is 0 Å². The number of rotatable bonds is 7. The average molecular weight is 393 g/mol. The lowest BCUT2D eigenvalue weighted by atomic mass is 10.2. The predicted molar refractivity (Wildman–Crippen MR) is 103 cm³/mol. The molecule has 1 N–H and O–H groups in total. The first kappa shape index (κ1) is 19.8. The number of halogens is 1. The lowest BCUT2D eigenvalue weighted by molar-refractivity contribution is 0.0522. The molecule has 1 aliphatic heterocycles. The number of nitrogens with zero attached hydrogens (tertiary/aromatic N) is 4. The monoisotopic (exact) mass is 392 g/mol. The maximum atomic E-state index is 12.4. The molecule has 2 aromatic rings. The fourth-order valence-electron chi connectivity index (χ4n) is 3.26. The summed E-state index contributed by atoms with van der Waals surface area (Å²) in [5.41, 5.74) is 1.98. The van der Waals surface area contributed by atoms with Gasteiger partial charge in [0, 0.05) is 39.3 Å². The predicted octanol–water partition coefficient (Wildman–Crippen LogP) is 1.81. The Morgan fingerprint density at radius 2 is 1.93 bits per heavy atom. The van der Waals surface area contributed by atoms with Crippen molar-refractivity contribution in [1.82, 2.24) is 19.6 Å². The van der Waals surface area contributed by atoms with E-state index in [4.69, 9.17) is 21.4 Å². The highest BCUT2D eigenvalue weighted by atomic mass is 35.5. The summed E-state index contributed by atoms with van der Waals surface area (Å²) in [5.74, 6) is -0.371. The number of hydrogen-bond donors (Lipinski definition) is 1. The Labute approximate surface area is 164 Å². The Kier molecular flexibility index (Phi) is 6.84. The number of β-amino-alcohol motifs (C(OH)–C–C–N with tert-alkyl or cyclic N) is 1. The van der Waals surface area contributed by atoms with Crippen LogP contribution < -0.4 is 0 Å². The van der Waals surface area contributed by atoms with Crippen molar-refractivity contribution in [2.75, 3.05) is 45.9 Å². The zero-order valence-corrected chi connectivity index (χ0v) is 16.2. The zero-order chi connectivity index (χ0) is 19.2. The largest absolute Gasteiger partial charge is 0.462 e. The van der Waals surface area contributed by atoms with E-state index in [9.17, 15) is 4.79 Å². The molecule has 27 heavy (non-hydrogen) atoms. The van der Waals surface area contributed by atoms with Gasteiger partial charge in [-0.05, 0) is 19.1 Å². The molecule has 1 fully saturated rings. The third-order valence-corrected chi connectivity index (χ3v) is 5.02. The number of hydrogen-bond acceptors (Lipinski definition) is 6. The van der Waals surface area contributed by atoms with Crippen molar-refractivity contribution in [1.29, 1.82) is 0 Å². The van der Waals surface area contributed by atoms with E-state index < -0.39 is 0 Å². The third-order valence-electron chi connectivity index (χ3n) is 4.70. The van der Waals surface area contributed by atoms with Gasteiger partial charge in [0.15, 0.2) is 0 Å². The summed E-state index contributed by atoms with van der Waals surface area (Å²) in [5, 5.41) is 14.1. The van der Waals surface area contributed by atoms with Gasteiger partial charge in [-0.1, -0.05) is 23.7 Å². The Hall–Kier alpha value is -1.93. The van der Waals surface area contributed by atoms with Crippen LogP contribution in [0.15, 0.2) is 30.5 Å². The van der Waals surface area contributed by atoms with Crippen molar-refractivity contribution < 1.29 is 14.6 Å². The van der Waals surface area contributed by atoms with Crippen LogP contribution in [0.1, 0.15) is 23.0 Å². The fourth-order valence-corrected chi connectivity index (χ4v) is 3.48. The molecule has 0 spiro atoms. The summed E-state index contributed by atoms with van der Waals surface area (Å²) in [6.45, 7) is 7.03. The summed E-state index contributed by atoms with van der Waals surface area (Å²) in [6.07, 6.45) is 1.55. The average Bonchev–Trinajstić information content (AvgIpc) is 3.07. The summed E-state index contributed by atoms with van der Waals surface area (Å²) in [7, 11) is 0. The van der Waals surface area contributed by atoms with E-state index in [1.54, 1.807) is 23.9 Å². The van der Waals surface area contributed by atoms with Gasteiger partial charge in [-0.2, -0.15) is 5.10 Å². The number of carbonyl (C=O) groups is 1. The van der Waals surface area contributed by atoms with Crippen LogP contribution in [0, 0.1) is 0 Å². The molecular formula is C19H25ClN4O3. The van der Waals surface area contributed by atoms with Gasteiger partial charge in [-0.3, -0.25) is 9.80 Å². The van der Waals surface area contributed by atoms with E-state index in [0.717, 1.165) is 37.6 Å². The Morgan fingerprint density at radius 3 is 2.59 bits per heavy atom. The molecule has 0 atom stereocenters. The van der Waals surface area contributed by atoms with Crippen LogP contribution in [0.2, 0.25) is 5.02 Å². The van der Waals surface area contributed by atoms with Crippen molar-refractivity contribution in [2.45, 2.75) is 13.5 Å². The minimum absolute atomic E-state index is 0.173. The summed E-state index contributed by atoms with van der Waals surface area (Å²) in [4.78, 5) is 16.9. The molecule has 2 heterocycles. The molecule has 1 aromatic carbocycles. The molecule has 0 radical (unpaired) electrons. The Balaban J connectivity index is 1.86. The lowest BCUT2D eigenvalue weighted by Crippen LogP contribution is -2.47. The van der Waals surface area contributed by atoms with Crippen LogP contribution in [0.4, 0.5) is 0 Å². The minimum atomic E-state index is -0.371. The molecular weight excluding hydrogens is 368 g/mol. The summed E-state index contributed by atoms with van der Waals surface area (Å²) >= 11 is 6.36. The van der Waals surface area contributed by atoms with E-state index in [-0.39, 0.29) is 12.6 Å². The van der Waals surface area contributed by atoms with Crippen LogP contribution in [-0.4, -0.2) is 76.6 Å². The maximum Gasteiger partial charge on any atom is 0.341 e. The molecule has 3 rings (SSSR count). The molecule has 0 saturated carbocycles. The second-order valence-electron chi connectivity index (χ2n) is 6.43. The van der Waals surface area contributed by atoms with Crippen LogP contribution in [0.25, 0.3) is 5.69 Å².